The summed E-state index contributed by atoms with van der Waals surface area (Å²) in [6.07, 6.45) is 3.75. The first-order valence-corrected chi connectivity index (χ1v) is 8.48. The van der Waals surface area contributed by atoms with Gasteiger partial charge in [0.05, 0.1) is 18.3 Å². The first-order chi connectivity index (χ1) is 12.1. The van der Waals surface area contributed by atoms with E-state index in [1.165, 1.54) is 5.56 Å². The summed E-state index contributed by atoms with van der Waals surface area (Å²) in [7, 11) is 2.02. The summed E-state index contributed by atoms with van der Waals surface area (Å²) >= 11 is 0. The molecule has 0 aliphatic carbocycles. The first-order valence-electron chi connectivity index (χ1n) is 8.48. The molecule has 8 heteroatoms. The van der Waals surface area contributed by atoms with Crippen LogP contribution in [-0.2, 0) is 13.1 Å². The maximum atomic E-state index is 13.3. The van der Waals surface area contributed by atoms with Crippen LogP contribution in [0.2, 0.25) is 0 Å². The van der Waals surface area contributed by atoms with Crippen molar-refractivity contribution in [3.63, 3.8) is 0 Å². The molecule has 25 heavy (non-hydrogen) atoms. The molecule has 3 aromatic heterocycles. The van der Waals surface area contributed by atoms with E-state index in [4.69, 9.17) is 0 Å². The van der Waals surface area contributed by atoms with Crippen molar-refractivity contribution >= 4 is 5.65 Å². The fraction of sp³-hybridized carbons (Fsp3) is 0.471. The maximum absolute atomic E-state index is 13.3. The van der Waals surface area contributed by atoms with E-state index in [1.807, 2.05) is 17.5 Å². The molecule has 2 N–H and O–H groups in total. The minimum atomic E-state index is -0.812. The molecule has 0 saturated carbocycles. The van der Waals surface area contributed by atoms with Crippen LogP contribution in [0.1, 0.15) is 35.4 Å². The molecule has 3 aromatic rings. The predicted molar refractivity (Wildman–Crippen MR) is 91.7 cm³/mol. The van der Waals surface area contributed by atoms with Crippen molar-refractivity contribution in [1.29, 1.82) is 0 Å². The van der Waals surface area contributed by atoms with Gasteiger partial charge >= 0.3 is 0 Å². The van der Waals surface area contributed by atoms with E-state index in [9.17, 15) is 4.39 Å². The number of H-pyrrole nitrogens is 1. The van der Waals surface area contributed by atoms with Gasteiger partial charge in [-0.15, -0.1) is 0 Å². The smallest absolute Gasteiger partial charge is 0.167 e. The quantitative estimate of drug-likeness (QED) is 0.738. The topological polar surface area (TPSA) is 74.1 Å². The number of hydrogen-bond acceptors (Lipinski definition) is 5. The minimum Gasteiger partial charge on any atom is -0.307 e. The lowest BCUT2D eigenvalue weighted by Crippen LogP contribution is -2.18. The average Bonchev–Trinajstić information content (AvgIpc) is 3.26. The van der Waals surface area contributed by atoms with E-state index in [-0.39, 0.29) is 6.04 Å². The van der Waals surface area contributed by atoms with Crippen LogP contribution in [0.4, 0.5) is 4.39 Å². The normalized spacial score (nSPS) is 20.8. The number of pyridine rings is 1. The number of imidazole rings is 1. The lowest BCUT2D eigenvalue weighted by Gasteiger charge is -2.12. The molecule has 0 spiro atoms. The van der Waals surface area contributed by atoms with Crippen molar-refractivity contribution in [2.24, 2.45) is 0 Å². The van der Waals surface area contributed by atoms with Crippen molar-refractivity contribution in [3.05, 3.63) is 47.4 Å². The van der Waals surface area contributed by atoms with Gasteiger partial charge in [0.25, 0.3) is 0 Å². The molecule has 0 bridgehead atoms. The number of aromatic nitrogens is 5. The fourth-order valence-corrected chi connectivity index (χ4v) is 3.25. The highest BCUT2D eigenvalue weighted by atomic mass is 19.1. The summed E-state index contributed by atoms with van der Waals surface area (Å²) in [4.78, 5) is 11.3. The van der Waals surface area contributed by atoms with Crippen LogP contribution in [0.5, 0.6) is 0 Å². The van der Waals surface area contributed by atoms with Crippen molar-refractivity contribution in [3.8, 4) is 0 Å². The Labute approximate surface area is 145 Å². The van der Waals surface area contributed by atoms with Crippen molar-refractivity contribution in [1.82, 2.24) is 34.8 Å². The zero-order valence-corrected chi connectivity index (χ0v) is 14.4. The molecule has 1 saturated heterocycles. The third kappa shape index (κ3) is 3.54. The third-order valence-electron chi connectivity index (χ3n) is 4.44. The zero-order valence-electron chi connectivity index (χ0n) is 14.4. The maximum Gasteiger partial charge on any atom is 0.167 e. The molecule has 1 aliphatic heterocycles. The van der Waals surface area contributed by atoms with Gasteiger partial charge in [0.15, 0.2) is 5.82 Å². The Bertz CT molecular complexity index is 871. The number of nitrogens with one attached hydrogen (secondary N) is 2. The van der Waals surface area contributed by atoms with Gasteiger partial charge in [-0.05, 0) is 25.6 Å². The fourth-order valence-electron chi connectivity index (χ4n) is 3.25. The van der Waals surface area contributed by atoms with E-state index in [1.54, 1.807) is 0 Å². The van der Waals surface area contributed by atoms with Gasteiger partial charge in [-0.3, -0.25) is 10.00 Å². The van der Waals surface area contributed by atoms with Gasteiger partial charge in [-0.2, -0.15) is 5.10 Å². The number of hydrogen-bond donors (Lipinski definition) is 2. The highest BCUT2D eigenvalue weighted by Crippen LogP contribution is 2.22. The van der Waals surface area contributed by atoms with Gasteiger partial charge in [-0.1, -0.05) is 6.07 Å². The van der Waals surface area contributed by atoms with Crippen LogP contribution in [-0.4, -0.2) is 49.2 Å². The van der Waals surface area contributed by atoms with E-state index in [2.05, 4.69) is 55.8 Å². The number of aromatic amines is 1. The van der Waals surface area contributed by atoms with Crippen LogP contribution in [0, 0.1) is 6.92 Å². The Morgan fingerprint density at radius 3 is 2.96 bits per heavy atom. The number of nitrogens with zero attached hydrogens (tertiary/aromatic N) is 5. The van der Waals surface area contributed by atoms with E-state index in [0.29, 0.717) is 31.9 Å². The Morgan fingerprint density at radius 1 is 1.28 bits per heavy atom. The largest absolute Gasteiger partial charge is 0.307 e. The van der Waals surface area contributed by atoms with Gasteiger partial charge in [-0.25, -0.2) is 14.4 Å². The van der Waals surface area contributed by atoms with Crippen molar-refractivity contribution in [2.45, 2.75) is 38.6 Å². The Balaban J connectivity index is 1.39. The molecule has 0 radical (unpaired) electrons. The van der Waals surface area contributed by atoms with Gasteiger partial charge in [0.2, 0.25) is 0 Å². The molecular weight excluding hydrogens is 321 g/mol. The van der Waals surface area contributed by atoms with E-state index >= 15 is 0 Å². The number of rotatable bonds is 5. The summed E-state index contributed by atoms with van der Waals surface area (Å²) in [5.41, 5.74) is 3.16. The molecule has 0 amide bonds. The van der Waals surface area contributed by atoms with Crippen LogP contribution < -0.4 is 5.32 Å². The van der Waals surface area contributed by atoms with Gasteiger partial charge < -0.3 is 9.72 Å². The predicted octanol–water partition coefficient (Wildman–Crippen LogP) is 1.77. The lowest BCUT2D eigenvalue weighted by molar-refractivity contribution is 0.307. The average molecular weight is 343 g/mol. The molecule has 132 valence electrons. The zero-order chi connectivity index (χ0) is 17.4. The molecular formula is C17H22FN7. The molecule has 4 rings (SSSR count). The first kappa shape index (κ1) is 16.2. The second-order valence-corrected chi connectivity index (χ2v) is 6.81. The summed E-state index contributed by atoms with van der Waals surface area (Å²) in [5.74, 6) is 1.42. The van der Waals surface area contributed by atoms with E-state index in [0.717, 1.165) is 17.2 Å². The summed E-state index contributed by atoms with van der Waals surface area (Å²) in [6.45, 7) is 3.79. The monoisotopic (exact) mass is 343 g/mol. The Hall–Kier alpha value is -2.32. The number of fused-ring (bicyclic) bond motifs is 1. The molecule has 7 nitrogen and oxygen atoms in total. The van der Waals surface area contributed by atoms with Crippen LogP contribution in [0.15, 0.2) is 24.5 Å². The molecule has 0 unspecified atom stereocenters. The van der Waals surface area contributed by atoms with E-state index < -0.39 is 6.17 Å². The summed E-state index contributed by atoms with van der Waals surface area (Å²) in [5, 5.41) is 10.3. The molecule has 4 heterocycles. The summed E-state index contributed by atoms with van der Waals surface area (Å²) < 4.78 is 15.3. The van der Waals surface area contributed by atoms with Crippen molar-refractivity contribution in [2.75, 3.05) is 13.6 Å². The minimum absolute atomic E-state index is 0.0908. The molecule has 1 fully saturated rings. The highest BCUT2D eigenvalue weighted by molar-refractivity contribution is 5.41. The van der Waals surface area contributed by atoms with Gasteiger partial charge in [0, 0.05) is 31.9 Å². The Kier molecular flexibility index (Phi) is 4.22. The lowest BCUT2D eigenvalue weighted by atomic mass is 10.2. The number of alkyl halides is 1. The second-order valence-electron chi connectivity index (χ2n) is 6.81. The third-order valence-corrected chi connectivity index (χ3v) is 4.44. The van der Waals surface area contributed by atoms with Gasteiger partial charge in [0.1, 0.15) is 17.6 Å². The number of halogens is 1. The molecule has 1 aliphatic rings. The highest BCUT2D eigenvalue weighted by Gasteiger charge is 2.27. The molecule has 2 atom stereocenters. The van der Waals surface area contributed by atoms with Crippen LogP contribution >= 0.6 is 0 Å². The van der Waals surface area contributed by atoms with Crippen LogP contribution in [0.25, 0.3) is 5.65 Å². The SMILES string of the molecule is Cc1ccc2nc(CN(C)Cc3nc([C@H]4C[C@H](F)CN4)n[nH]3)cn2c1. The second kappa shape index (κ2) is 6.53. The van der Waals surface area contributed by atoms with Crippen LogP contribution in [0.3, 0.4) is 0 Å². The molecule has 0 aromatic carbocycles. The Morgan fingerprint density at radius 2 is 2.16 bits per heavy atom. The number of aryl methyl sites for hydroxylation is 1. The standard InChI is InChI=1S/C17H22FN7/c1-11-3-4-16-20-13(9-25(16)7-11)8-24(2)10-15-21-17(23-22-15)14-5-12(18)6-19-14/h3-4,7,9,12,14,19H,5-6,8,10H2,1-2H3,(H,21,22,23)/t12-,14+/m0/s1. The summed E-state index contributed by atoms with van der Waals surface area (Å²) in [6, 6.07) is 3.99. The van der Waals surface area contributed by atoms with Crippen molar-refractivity contribution < 1.29 is 4.39 Å².